The molecule has 21 heavy (non-hydrogen) atoms. The number of nitrogens with one attached hydrogen (secondary N) is 1. The maximum absolute atomic E-state index is 12.0. The summed E-state index contributed by atoms with van der Waals surface area (Å²) >= 11 is 0. The number of hydrogen-bond acceptors (Lipinski definition) is 3. The quantitative estimate of drug-likeness (QED) is 0.921. The van der Waals surface area contributed by atoms with Gasteiger partial charge in [0.2, 0.25) is 5.91 Å². The predicted molar refractivity (Wildman–Crippen MR) is 85.3 cm³/mol. The fourth-order valence-corrected chi connectivity index (χ4v) is 2.52. The van der Waals surface area contributed by atoms with E-state index in [1.54, 1.807) is 0 Å². The minimum Gasteiger partial charge on any atom is -0.367 e. The van der Waals surface area contributed by atoms with Gasteiger partial charge in [0.25, 0.3) is 0 Å². The van der Waals surface area contributed by atoms with Crippen molar-refractivity contribution in [2.75, 3.05) is 18.0 Å². The summed E-state index contributed by atoms with van der Waals surface area (Å²) < 4.78 is 0. The third-order valence-electron chi connectivity index (χ3n) is 3.86. The highest BCUT2D eigenvalue weighted by Gasteiger charge is 2.32. The van der Waals surface area contributed by atoms with E-state index in [9.17, 15) is 4.79 Å². The molecule has 2 aromatic rings. The number of anilines is 1. The van der Waals surface area contributed by atoms with Crippen molar-refractivity contribution in [2.24, 2.45) is 5.41 Å². The van der Waals surface area contributed by atoms with E-state index in [0.717, 1.165) is 18.6 Å². The number of benzene rings is 1. The fourth-order valence-electron chi connectivity index (χ4n) is 2.52. The van der Waals surface area contributed by atoms with Crippen LogP contribution in [0.2, 0.25) is 0 Å². The molecule has 0 bridgehead atoms. The largest absolute Gasteiger partial charge is 0.367 e. The maximum atomic E-state index is 12.0. The van der Waals surface area contributed by atoms with E-state index < -0.39 is 0 Å². The van der Waals surface area contributed by atoms with Crippen LogP contribution in [0.5, 0.6) is 0 Å². The summed E-state index contributed by atoms with van der Waals surface area (Å²) in [7, 11) is 0. The van der Waals surface area contributed by atoms with Crippen LogP contribution in [0.25, 0.3) is 10.9 Å². The standard InChI is InChI=1S/C17H21N3O/c1-17(2,3)16(21)19-12-10-20(11-12)15-8-9-18-14-7-5-4-6-13(14)15/h4-9,12H,10-11H2,1-3H3,(H,19,21). The van der Waals surface area contributed by atoms with Crippen molar-refractivity contribution in [3.05, 3.63) is 36.5 Å². The van der Waals surface area contributed by atoms with Crippen molar-refractivity contribution in [3.8, 4) is 0 Å². The predicted octanol–water partition coefficient (Wildman–Crippen LogP) is 2.59. The molecule has 0 radical (unpaired) electrons. The molecule has 1 N–H and O–H groups in total. The van der Waals surface area contributed by atoms with Gasteiger partial charge in [-0.1, -0.05) is 39.0 Å². The van der Waals surface area contributed by atoms with Crippen molar-refractivity contribution in [3.63, 3.8) is 0 Å². The van der Waals surface area contributed by atoms with Gasteiger partial charge < -0.3 is 10.2 Å². The summed E-state index contributed by atoms with van der Waals surface area (Å²) in [4.78, 5) is 18.7. The molecule has 0 saturated carbocycles. The second kappa shape index (κ2) is 5.02. The SMILES string of the molecule is CC(C)(C)C(=O)NC1CN(c2ccnc3ccccc23)C1. The van der Waals surface area contributed by atoms with E-state index in [-0.39, 0.29) is 17.4 Å². The molecular weight excluding hydrogens is 262 g/mol. The number of para-hydroxylation sites is 1. The summed E-state index contributed by atoms with van der Waals surface area (Å²) in [5.74, 6) is 0.117. The molecule has 1 aromatic heterocycles. The molecule has 4 heteroatoms. The second-order valence-corrected chi connectivity index (χ2v) is 6.67. The summed E-state index contributed by atoms with van der Waals surface area (Å²) in [6.07, 6.45) is 1.85. The Kier molecular flexibility index (Phi) is 3.32. The Balaban J connectivity index is 1.70. The number of carbonyl (C=O) groups excluding carboxylic acids is 1. The van der Waals surface area contributed by atoms with Crippen LogP contribution in [-0.2, 0) is 4.79 Å². The van der Waals surface area contributed by atoms with E-state index in [0.29, 0.717) is 0 Å². The van der Waals surface area contributed by atoms with Gasteiger partial charge in [-0.25, -0.2) is 0 Å². The van der Waals surface area contributed by atoms with Crippen LogP contribution < -0.4 is 10.2 Å². The number of pyridine rings is 1. The third kappa shape index (κ3) is 2.71. The molecule has 3 rings (SSSR count). The van der Waals surface area contributed by atoms with Gasteiger partial charge in [-0.2, -0.15) is 0 Å². The Bertz CT molecular complexity index is 664. The number of hydrogen-bond donors (Lipinski definition) is 1. The van der Waals surface area contributed by atoms with Gasteiger partial charge in [0.1, 0.15) is 0 Å². The normalized spacial score (nSPS) is 15.9. The third-order valence-corrected chi connectivity index (χ3v) is 3.86. The summed E-state index contributed by atoms with van der Waals surface area (Å²) in [5.41, 5.74) is 1.88. The number of nitrogens with zero attached hydrogens (tertiary/aromatic N) is 2. The lowest BCUT2D eigenvalue weighted by Crippen LogP contribution is -2.61. The zero-order valence-corrected chi connectivity index (χ0v) is 12.8. The van der Waals surface area contributed by atoms with E-state index in [4.69, 9.17) is 0 Å². The number of amides is 1. The fraction of sp³-hybridized carbons (Fsp3) is 0.412. The van der Waals surface area contributed by atoms with Crippen molar-refractivity contribution in [1.29, 1.82) is 0 Å². The molecule has 0 unspecified atom stereocenters. The number of rotatable bonds is 2. The zero-order valence-electron chi connectivity index (χ0n) is 12.8. The number of carbonyl (C=O) groups is 1. The van der Waals surface area contributed by atoms with E-state index in [1.165, 1.54) is 11.1 Å². The van der Waals surface area contributed by atoms with Gasteiger partial charge in [0.05, 0.1) is 11.6 Å². The highest BCUT2D eigenvalue weighted by Crippen LogP contribution is 2.28. The first kappa shape index (κ1) is 13.9. The van der Waals surface area contributed by atoms with Gasteiger partial charge in [-0.15, -0.1) is 0 Å². The van der Waals surface area contributed by atoms with E-state index >= 15 is 0 Å². The molecule has 4 nitrogen and oxygen atoms in total. The Hall–Kier alpha value is -2.10. The Morgan fingerprint density at radius 2 is 1.95 bits per heavy atom. The molecular formula is C17H21N3O. The van der Waals surface area contributed by atoms with Gasteiger partial charge in [-0.3, -0.25) is 9.78 Å². The average Bonchev–Trinajstić information content (AvgIpc) is 2.40. The first-order valence-corrected chi connectivity index (χ1v) is 7.35. The van der Waals surface area contributed by atoms with E-state index in [2.05, 4.69) is 21.3 Å². The molecule has 1 amide bonds. The Morgan fingerprint density at radius 1 is 1.24 bits per heavy atom. The first-order chi connectivity index (χ1) is 9.95. The molecule has 1 fully saturated rings. The Labute approximate surface area is 125 Å². The number of fused-ring (bicyclic) bond motifs is 1. The molecule has 0 atom stereocenters. The molecule has 1 aliphatic rings. The van der Waals surface area contributed by atoms with Crippen molar-refractivity contribution >= 4 is 22.5 Å². The van der Waals surface area contributed by atoms with Crippen molar-refractivity contribution in [1.82, 2.24) is 10.3 Å². The first-order valence-electron chi connectivity index (χ1n) is 7.35. The van der Waals surface area contributed by atoms with Crippen LogP contribution in [0.4, 0.5) is 5.69 Å². The van der Waals surface area contributed by atoms with Crippen LogP contribution >= 0.6 is 0 Å². The maximum Gasteiger partial charge on any atom is 0.225 e. The van der Waals surface area contributed by atoms with Crippen molar-refractivity contribution in [2.45, 2.75) is 26.8 Å². The minimum absolute atomic E-state index is 0.117. The molecule has 110 valence electrons. The van der Waals surface area contributed by atoms with Crippen LogP contribution in [0.1, 0.15) is 20.8 Å². The molecule has 1 aliphatic heterocycles. The monoisotopic (exact) mass is 283 g/mol. The average molecular weight is 283 g/mol. The smallest absolute Gasteiger partial charge is 0.225 e. The Morgan fingerprint density at radius 3 is 2.67 bits per heavy atom. The van der Waals surface area contributed by atoms with Crippen LogP contribution in [-0.4, -0.2) is 30.0 Å². The second-order valence-electron chi connectivity index (χ2n) is 6.67. The zero-order chi connectivity index (χ0) is 15.0. The summed E-state index contributed by atoms with van der Waals surface area (Å²) in [6.45, 7) is 7.53. The lowest BCUT2D eigenvalue weighted by atomic mass is 9.94. The topological polar surface area (TPSA) is 45.2 Å². The van der Waals surface area contributed by atoms with Crippen LogP contribution in [0, 0.1) is 5.41 Å². The van der Waals surface area contributed by atoms with Crippen LogP contribution in [0.3, 0.4) is 0 Å². The van der Waals surface area contributed by atoms with Crippen LogP contribution in [0.15, 0.2) is 36.5 Å². The number of aromatic nitrogens is 1. The lowest BCUT2D eigenvalue weighted by molar-refractivity contribution is -0.129. The lowest BCUT2D eigenvalue weighted by Gasteiger charge is -2.42. The molecule has 0 aliphatic carbocycles. The van der Waals surface area contributed by atoms with E-state index in [1.807, 2.05) is 51.2 Å². The molecule has 1 saturated heterocycles. The molecule has 0 spiro atoms. The summed E-state index contributed by atoms with van der Waals surface area (Å²) in [5, 5.41) is 4.28. The summed E-state index contributed by atoms with van der Waals surface area (Å²) in [6, 6.07) is 10.4. The van der Waals surface area contributed by atoms with Gasteiger partial charge in [0, 0.05) is 35.8 Å². The highest BCUT2D eigenvalue weighted by molar-refractivity contribution is 5.92. The minimum atomic E-state index is -0.330. The molecule has 2 heterocycles. The van der Waals surface area contributed by atoms with Crippen molar-refractivity contribution < 1.29 is 4.79 Å². The highest BCUT2D eigenvalue weighted by atomic mass is 16.2. The van der Waals surface area contributed by atoms with Gasteiger partial charge in [-0.05, 0) is 12.1 Å². The van der Waals surface area contributed by atoms with Gasteiger partial charge >= 0.3 is 0 Å². The molecule has 1 aromatic carbocycles. The van der Waals surface area contributed by atoms with Gasteiger partial charge in [0.15, 0.2) is 0 Å².